The van der Waals surface area contributed by atoms with Crippen molar-refractivity contribution in [1.82, 2.24) is 9.88 Å². The predicted octanol–water partition coefficient (Wildman–Crippen LogP) is 3.58. The van der Waals surface area contributed by atoms with Gasteiger partial charge in [-0.3, -0.25) is 4.90 Å². The maximum Gasteiger partial charge on any atom is 0.131 e. The lowest BCUT2D eigenvalue weighted by Crippen LogP contribution is -2.48. The summed E-state index contributed by atoms with van der Waals surface area (Å²) in [5.41, 5.74) is 1.23. The van der Waals surface area contributed by atoms with Crippen LogP contribution in [0.25, 0.3) is 0 Å². The average Bonchev–Trinajstić information content (AvgIpc) is 2.76. The first-order chi connectivity index (χ1) is 9.83. The first kappa shape index (κ1) is 14.2. The van der Waals surface area contributed by atoms with Gasteiger partial charge in [0, 0.05) is 31.0 Å². The van der Waals surface area contributed by atoms with Crippen LogP contribution in [-0.2, 0) is 0 Å². The van der Waals surface area contributed by atoms with Crippen LogP contribution in [0.2, 0.25) is 5.15 Å². The minimum absolute atomic E-state index is 0.597. The highest BCUT2D eigenvalue weighted by Crippen LogP contribution is 2.25. The Morgan fingerprint density at radius 2 is 1.85 bits per heavy atom. The normalized spacial score (nSPS) is 25.4. The van der Waals surface area contributed by atoms with Crippen LogP contribution in [0.3, 0.4) is 0 Å². The van der Waals surface area contributed by atoms with Crippen LogP contribution in [-0.4, -0.2) is 42.1 Å². The largest absolute Gasteiger partial charge is 0.370 e. The molecule has 0 saturated carbocycles. The van der Waals surface area contributed by atoms with Gasteiger partial charge in [0.25, 0.3) is 0 Å². The summed E-state index contributed by atoms with van der Waals surface area (Å²) < 4.78 is 0. The van der Waals surface area contributed by atoms with Crippen molar-refractivity contribution < 1.29 is 0 Å². The number of anilines is 1. The summed E-state index contributed by atoms with van der Waals surface area (Å²) >= 11 is 6.02. The quantitative estimate of drug-likeness (QED) is 0.777. The SMILES string of the molecule is Clc1cc(N2CCCC(N3CCCCCC3)C2)ccn1. The number of halogens is 1. The summed E-state index contributed by atoms with van der Waals surface area (Å²) in [5, 5.41) is 0.597. The molecule has 1 aromatic rings. The van der Waals surface area contributed by atoms with Gasteiger partial charge in [-0.05, 0) is 50.9 Å². The summed E-state index contributed by atoms with van der Waals surface area (Å²) in [7, 11) is 0. The summed E-state index contributed by atoms with van der Waals surface area (Å²) in [5.74, 6) is 0. The van der Waals surface area contributed by atoms with Crippen LogP contribution >= 0.6 is 11.6 Å². The van der Waals surface area contributed by atoms with Gasteiger partial charge in [-0.2, -0.15) is 0 Å². The lowest BCUT2D eigenvalue weighted by Gasteiger charge is -2.40. The Labute approximate surface area is 126 Å². The minimum Gasteiger partial charge on any atom is -0.370 e. The van der Waals surface area contributed by atoms with Gasteiger partial charge in [-0.15, -0.1) is 0 Å². The highest BCUT2D eigenvalue weighted by atomic mass is 35.5. The Hall–Kier alpha value is -0.800. The van der Waals surface area contributed by atoms with Gasteiger partial charge in [-0.1, -0.05) is 24.4 Å². The van der Waals surface area contributed by atoms with Crippen molar-refractivity contribution in [3.05, 3.63) is 23.5 Å². The number of nitrogens with zero attached hydrogens (tertiary/aromatic N) is 3. The third-order valence-electron chi connectivity index (χ3n) is 4.63. The molecule has 0 radical (unpaired) electrons. The molecule has 20 heavy (non-hydrogen) atoms. The fraction of sp³-hybridized carbons (Fsp3) is 0.688. The van der Waals surface area contributed by atoms with E-state index >= 15 is 0 Å². The maximum absolute atomic E-state index is 6.02. The van der Waals surface area contributed by atoms with Crippen LogP contribution in [0.4, 0.5) is 5.69 Å². The van der Waals surface area contributed by atoms with E-state index in [4.69, 9.17) is 11.6 Å². The third-order valence-corrected chi connectivity index (χ3v) is 4.84. The van der Waals surface area contributed by atoms with E-state index in [0.717, 1.165) is 13.1 Å². The fourth-order valence-corrected chi connectivity index (χ4v) is 3.70. The predicted molar refractivity (Wildman–Crippen MR) is 84.5 cm³/mol. The van der Waals surface area contributed by atoms with Gasteiger partial charge in [0.05, 0.1) is 0 Å². The molecule has 1 atom stereocenters. The van der Waals surface area contributed by atoms with Crippen LogP contribution in [0.1, 0.15) is 38.5 Å². The number of piperidine rings is 1. The van der Waals surface area contributed by atoms with Crippen molar-refractivity contribution in [3.63, 3.8) is 0 Å². The molecule has 3 nitrogen and oxygen atoms in total. The Morgan fingerprint density at radius 1 is 1.05 bits per heavy atom. The lowest BCUT2D eigenvalue weighted by atomic mass is 10.0. The summed E-state index contributed by atoms with van der Waals surface area (Å²) in [6.45, 7) is 4.86. The molecule has 1 unspecified atom stereocenters. The number of likely N-dealkylation sites (tertiary alicyclic amines) is 1. The van der Waals surface area contributed by atoms with Crippen LogP contribution in [0, 0.1) is 0 Å². The second-order valence-electron chi connectivity index (χ2n) is 6.03. The molecule has 2 aliphatic heterocycles. The number of rotatable bonds is 2. The zero-order valence-corrected chi connectivity index (χ0v) is 12.9. The Balaban J connectivity index is 1.66. The first-order valence-electron chi connectivity index (χ1n) is 7.93. The monoisotopic (exact) mass is 293 g/mol. The number of pyridine rings is 1. The molecule has 3 heterocycles. The van der Waals surface area contributed by atoms with Crippen molar-refractivity contribution in [2.45, 2.75) is 44.6 Å². The zero-order valence-electron chi connectivity index (χ0n) is 12.1. The molecule has 2 saturated heterocycles. The van der Waals surface area contributed by atoms with E-state index in [2.05, 4.69) is 20.9 Å². The maximum atomic E-state index is 6.02. The fourth-order valence-electron chi connectivity index (χ4n) is 3.54. The van der Waals surface area contributed by atoms with E-state index in [1.807, 2.05) is 12.3 Å². The van der Waals surface area contributed by atoms with Gasteiger partial charge in [0.1, 0.15) is 5.15 Å². The highest BCUT2D eigenvalue weighted by Gasteiger charge is 2.25. The molecule has 0 amide bonds. The molecule has 0 aromatic carbocycles. The van der Waals surface area contributed by atoms with E-state index in [-0.39, 0.29) is 0 Å². The zero-order chi connectivity index (χ0) is 13.8. The Kier molecular flexibility index (Phi) is 4.79. The van der Waals surface area contributed by atoms with Crippen molar-refractivity contribution in [2.24, 2.45) is 0 Å². The number of hydrogen-bond acceptors (Lipinski definition) is 3. The first-order valence-corrected chi connectivity index (χ1v) is 8.31. The van der Waals surface area contributed by atoms with E-state index in [0.29, 0.717) is 11.2 Å². The van der Waals surface area contributed by atoms with Crippen molar-refractivity contribution in [1.29, 1.82) is 0 Å². The standard InChI is InChI=1S/C16H24ClN3/c17-16-12-14(7-8-18-16)20-11-5-6-15(13-20)19-9-3-1-2-4-10-19/h7-8,12,15H,1-6,9-11,13H2. The molecule has 110 valence electrons. The molecule has 0 bridgehead atoms. The molecule has 0 spiro atoms. The molecule has 2 aliphatic rings. The third kappa shape index (κ3) is 3.44. The molecule has 0 N–H and O–H groups in total. The van der Waals surface area contributed by atoms with E-state index < -0.39 is 0 Å². The molecule has 2 fully saturated rings. The van der Waals surface area contributed by atoms with Crippen molar-refractivity contribution in [2.75, 3.05) is 31.1 Å². The second-order valence-corrected chi connectivity index (χ2v) is 6.42. The van der Waals surface area contributed by atoms with Gasteiger partial charge in [0.15, 0.2) is 0 Å². The van der Waals surface area contributed by atoms with Gasteiger partial charge in [-0.25, -0.2) is 4.98 Å². The van der Waals surface area contributed by atoms with Gasteiger partial charge in [0.2, 0.25) is 0 Å². The number of hydrogen-bond donors (Lipinski definition) is 0. The summed E-state index contributed by atoms with van der Waals surface area (Å²) in [6, 6.07) is 4.79. The van der Waals surface area contributed by atoms with Crippen molar-refractivity contribution >= 4 is 17.3 Å². The van der Waals surface area contributed by atoms with Crippen LogP contribution < -0.4 is 4.90 Å². The smallest absolute Gasteiger partial charge is 0.131 e. The Morgan fingerprint density at radius 3 is 2.60 bits per heavy atom. The summed E-state index contributed by atoms with van der Waals surface area (Å²) in [6.07, 6.45) is 10.00. The van der Waals surface area contributed by atoms with Crippen LogP contribution in [0.15, 0.2) is 18.3 Å². The molecular formula is C16H24ClN3. The minimum atomic E-state index is 0.597. The van der Waals surface area contributed by atoms with E-state index in [9.17, 15) is 0 Å². The topological polar surface area (TPSA) is 19.4 Å². The molecule has 4 heteroatoms. The lowest BCUT2D eigenvalue weighted by molar-refractivity contribution is 0.182. The molecule has 0 aliphatic carbocycles. The van der Waals surface area contributed by atoms with Crippen molar-refractivity contribution in [3.8, 4) is 0 Å². The Bertz CT molecular complexity index is 429. The highest BCUT2D eigenvalue weighted by molar-refractivity contribution is 6.29. The van der Waals surface area contributed by atoms with Crippen LogP contribution in [0.5, 0.6) is 0 Å². The molecule has 3 rings (SSSR count). The average molecular weight is 294 g/mol. The van der Waals surface area contributed by atoms with E-state index in [1.165, 1.54) is 57.3 Å². The molecular weight excluding hydrogens is 270 g/mol. The second kappa shape index (κ2) is 6.77. The summed E-state index contributed by atoms with van der Waals surface area (Å²) in [4.78, 5) is 9.29. The van der Waals surface area contributed by atoms with E-state index in [1.54, 1.807) is 0 Å². The van der Waals surface area contributed by atoms with Gasteiger partial charge >= 0.3 is 0 Å². The molecule has 1 aromatic heterocycles. The van der Waals surface area contributed by atoms with Gasteiger partial charge < -0.3 is 4.90 Å². The number of aromatic nitrogens is 1.